The molecule has 0 heterocycles. The van der Waals surface area contributed by atoms with E-state index in [0.717, 1.165) is 12.8 Å². The lowest BCUT2D eigenvalue weighted by atomic mass is 10.2. The maximum atomic E-state index is 11.0. The summed E-state index contributed by atoms with van der Waals surface area (Å²) in [6, 6.07) is -0.914. The van der Waals surface area contributed by atoms with Crippen LogP contribution in [-0.2, 0) is 19.1 Å². The molecule has 0 aromatic rings. The van der Waals surface area contributed by atoms with Crippen LogP contribution in [-0.4, -0.2) is 95.1 Å². The summed E-state index contributed by atoms with van der Waals surface area (Å²) in [7, 11) is 0. The van der Waals surface area contributed by atoms with E-state index < -0.39 is 36.7 Å². The Kier molecular flexibility index (Phi) is 16.6. The number of thioether (sulfide) groups is 1. The van der Waals surface area contributed by atoms with E-state index in [1.54, 1.807) is 0 Å². The monoisotopic (exact) mass is 411 g/mol. The third kappa shape index (κ3) is 17.0. The molecule has 0 saturated carbocycles. The van der Waals surface area contributed by atoms with Crippen molar-refractivity contribution in [2.24, 2.45) is 0 Å². The van der Waals surface area contributed by atoms with Crippen molar-refractivity contribution < 1.29 is 39.5 Å². The lowest BCUT2D eigenvalue weighted by Crippen LogP contribution is -2.40. The summed E-state index contributed by atoms with van der Waals surface area (Å²) < 4.78 is 10.7. The third-order valence-electron chi connectivity index (χ3n) is 3.58. The maximum absolute atomic E-state index is 11.0. The Morgan fingerprint density at radius 1 is 1.04 bits per heavy atom. The van der Waals surface area contributed by atoms with Crippen molar-refractivity contribution in [3.63, 3.8) is 0 Å². The van der Waals surface area contributed by atoms with E-state index >= 15 is 0 Å². The van der Waals surface area contributed by atoms with Gasteiger partial charge in [0.15, 0.2) is 0 Å². The second-order valence-corrected chi connectivity index (χ2v) is 7.25. The van der Waals surface area contributed by atoms with Crippen molar-refractivity contribution in [1.29, 1.82) is 0 Å². The zero-order chi connectivity index (χ0) is 20.5. The highest BCUT2D eigenvalue weighted by Crippen LogP contribution is 2.08. The Balaban J connectivity index is 3.56. The molecule has 0 spiro atoms. The molecule has 3 atom stereocenters. The van der Waals surface area contributed by atoms with Crippen LogP contribution >= 0.6 is 11.8 Å². The average Bonchev–Trinajstić information content (AvgIpc) is 2.62. The van der Waals surface area contributed by atoms with Crippen molar-refractivity contribution >= 4 is 23.7 Å². The number of unbranched alkanes of at least 4 members (excludes halogenated alkanes) is 1. The lowest BCUT2D eigenvalue weighted by Gasteiger charge is -2.14. The van der Waals surface area contributed by atoms with E-state index in [9.17, 15) is 19.8 Å². The predicted octanol–water partition coefficient (Wildman–Crippen LogP) is 0.182. The molecule has 27 heavy (non-hydrogen) atoms. The molecule has 0 fully saturated rings. The Labute approximate surface area is 164 Å². The number of hydrogen-bond donors (Lipinski definition) is 5. The van der Waals surface area contributed by atoms with Gasteiger partial charge in [0.1, 0.15) is 6.04 Å². The van der Waals surface area contributed by atoms with Gasteiger partial charge in [0.2, 0.25) is 0 Å². The fourth-order valence-electron chi connectivity index (χ4n) is 1.96. The molecule has 0 radical (unpaired) electrons. The fraction of sp³-hybridized carbons (Fsp3) is 0.882. The van der Waals surface area contributed by atoms with Crippen LogP contribution in [0.3, 0.4) is 0 Å². The van der Waals surface area contributed by atoms with Gasteiger partial charge in [0.25, 0.3) is 0 Å². The van der Waals surface area contributed by atoms with Gasteiger partial charge in [-0.3, -0.25) is 14.9 Å². The van der Waals surface area contributed by atoms with Gasteiger partial charge in [-0.05, 0) is 31.4 Å². The normalized spacial score (nSPS) is 14.6. The number of aliphatic hydroxyl groups is 2. The quantitative estimate of drug-likeness (QED) is 0.187. The highest BCUT2D eigenvalue weighted by molar-refractivity contribution is 7.99. The molecular formula is C17H33NO8S. The molecule has 5 N–H and O–H groups in total. The van der Waals surface area contributed by atoms with Gasteiger partial charge in [0, 0.05) is 19.0 Å². The summed E-state index contributed by atoms with van der Waals surface area (Å²) in [5, 5.41) is 39.2. The Morgan fingerprint density at radius 3 is 2.15 bits per heavy atom. The third-order valence-corrected chi connectivity index (χ3v) is 4.72. The maximum Gasteiger partial charge on any atom is 0.320 e. The Hall–Kier alpha value is -0.910. The molecule has 0 rings (SSSR count). The summed E-state index contributed by atoms with van der Waals surface area (Å²) >= 11 is 1.40. The number of ether oxygens (including phenoxy) is 2. The van der Waals surface area contributed by atoms with Gasteiger partial charge >= 0.3 is 11.9 Å². The zero-order valence-corrected chi connectivity index (χ0v) is 16.7. The van der Waals surface area contributed by atoms with Crippen molar-refractivity contribution in [3.8, 4) is 0 Å². The van der Waals surface area contributed by atoms with E-state index in [1.807, 2.05) is 6.92 Å². The van der Waals surface area contributed by atoms with E-state index in [4.69, 9.17) is 19.7 Å². The highest BCUT2D eigenvalue weighted by atomic mass is 32.2. The van der Waals surface area contributed by atoms with Gasteiger partial charge in [-0.1, -0.05) is 6.92 Å². The summed E-state index contributed by atoms with van der Waals surface area (Å²) in [5.74, 6) is -1.29. The first-order valence-electron chi connectivity index (χ1n) is 9.14. The predicted molar refractivity (Wildman–Crippen MR) is 102 cm³/mol. The summed E-state index contributed by atoms with van der Waals surface area (Å²) in [4.78, 5) is 21.5. The molecule has 3 unspecified atom stereocenters. The van der Waals surface area contributed by atoms with E-state index in [2.05, 4.69) is 5.32 Å². The molecular weight excluding hydrogens is 378 g/mol. The molecule has 9 nitrogen and oxygen atoms in total. The van der Waals surface area contributed by atoms with Crippen LogP contribution < -0.4 is 5.32 Å². The number of carbonyl (C=O) groups is 2. The number of aliphatic hydroxyl groups excluding tert-OH is 2. The topological polar surface area (TPSA) is 146 Å². The smallest absolute Gasteiger partial charge is 0.320 e. The minimum absolute atomic E-state index is 0.210. The van der Waals surface area contributed by atoms with E-state index in [0.29, 0.717) is 37.7 Å². The number of aliphatic carboxylic acids is 2. The SMILES string of the molecule is CCC(O)COCCCCOCC(O)CSCCC(NCC(=O)O)C(=O)O. The summed E-state index contributed by atoms with van der Waals surface area (Å²) in [6.45, 7) is 3.14. The van der Waals surface area contributed by atoms with Gasteiger partial charge < -0.3 is 29.9 Å². The standard InChI is InChI=1S/C17H33NO8S/c1-2-13(19)10-25-6-3-4-7-26-11-14(20)12-27-8-5-15(17(23)24)18-9-16(21)22/h13-15,18-20H,2-12H2,1H3,(H,21,22)(H,23,24). The lowest BCUT2D eigenvalue weighted by molar-refractivity contribution is -0.140. The first-order valence-corrected chi connectivity index (χ1v) is 10.3. The molecule has 0 aromatic heterocycles. The molecule has 160 valence electrons. The molecule has 0 aliphatic carbocycles. The van der Waals surface area contributed by atoms with Crippen LogP contribution in [0.25, 0.3) is 0 Å². The molecule has 0 saturated heterocycles. The fourth-order valence-corrected chi connectivity index (χ4v) is 2.89. The minimum Gasteiger partial charge on any atom is -0.480 e. The summed E-state index contributed by atoms with van der Waals surface area (Å²) in [6.07, 6.45) is 1.52. The van der Waals surface area contributed by atoms with Gasteiger partial charge in [-0.2, -0.15) is 11.8 Å². The molecule has 0 amide bonds. The van der Waals surface area contributed by atoms with Crippen LogP contribution in [0.2, 0.25) is 0 Å². The molecule has 10 heteroatoms. The second-order valence-electron chi connectivity index (χ2n) is 6.10. The van der Waals surface area contributed by atoms with Crippen molar-refractivity contribution in [2.45, 2.75) is 50.9 Å². The number of carboxylic acid groups (broad SMARTS) is 2. The highest BCUT2D eigenvalue weighted by Gasteiger charge is 2.17. The molecule has 0 aliphatic heterocycles. The molecule has 0 bridgehead atoms. The van der Waals surface area contributed by atoms with Gasteiger partial charge in [-0.25, -0.2) is 0 Å². The number of nitrogens with one attached hydrogen (secondary N) is 1. The van der Waals surface area contributed by atoms with E-state index in [1.165, 1.54) is 11.8 Å². The minimum atomic E-state index is -1.11. The Morgan fingerprint density at radius 2 is 1.63 bits per heavy atom. The largest absolute Gasteiger partial charge is 0.480 e. The average molecular weight is 412 g/mol. The van der Waals surface area contributed by atoms with Crippen LogP contribution in [0.5, 0.6) is 0 Å². The number of hydrogen-bond acceptors (Lipinski definition) is 8. The molecule has 0 aliphatic rings. The molecule has 0 aromatic carbocycles. The first kappa shape index (κ1) is 26.1. The van der Waals surface area contributed by atoms with Crippen LogP contribution in [0.15, 0.2) is 0 Å². The second kappa shape index (κ2) is 17.2. The van der Waals surface area contributed by atoms with Crippen molar-refractivity contribution in [1.82, 2.24) is 5.32 Å². The van der Waals surface area contributed by atoms with Crippen molar-refractivity contribution in [3.05, 3.63) is 0 Å². The summed E-state index contributed by atoms with van der Waals surface area (Å²) in [5.41, 5.74) is 0. The van der Waals surface area contributed by atoms with Crippen LogP contribution in [0.1, 0.15) is 32.6 Å². The Bertz CT molecular complexity index is 399. The van der Waals surface area contributed by atoms with Gasteiger partial charge in [-0.15, -0.1) is 0 Å². The number of rotatable bonds is 19. The van der Waals surface area contributed by atoms with E-state index in [-0.39, 0.29) is 13.0 Å². The van der Waals surface area contributed by atoms with Crippen molar-refractivity contribution in [2.75, 3.05) is 44.5 Å². The first-order chi connectivity index (χ1) is 12.9. The van der Waals surface area contributed by atoms with Crippen LogP contribution in [0.4, 0.5) is 0 Å². The zero-order valence-electron chi connectivity index (χ0n) is 15.8. The number of carboxylic acids is 2. The van der Waals surface area contributed by atoms with Crippen LogP contribution in [0, 0.1) is 0 Å². The van der Waals surface area contributed by atoms with Gasteiger partial charge in [0.05, 0.1) is 32.0 Å².